The van der Waals surface area contributed by atoms with Crippen molar-refractivity contribution < 1.29 is 79.7 Å². The second-order valence-corrected chi connectivity index (χ2v) is 13.9. The van der Waals surface area contributed by atoms with Gasteiger partial charge in [-0.25, -0.2) is 0 Å². The van der Waals surface area contributed by atoms with Gasteiger partial charge >= 0.3 is 45.0 Å². The Bertz CT molecular complexity index is 2010. The molecule has 0 radical (unpaired) electrons. The molecule has 0 amide bonds. The van der Waals surface area contributed by atoms with Crippen molar-refractivity contribution in [1.82, 2.24) is 0 Å². The van der Waals surface area contributed by atoms with E-state index in [0.29, 0.717) is 24.5 Å². The molecular weight excluding hydrogens is 772 g/mol. The second kappa shape index (κ2) is 13.7. The molecule has 0 aliphatic carbocycles. The van der Waals surface area contributed by atoms with Gasteiger partial charge in [-0.3, -0.25) is 4.55 Å². The normalized spacial score (nSPS) is 14.2. The first-order valence-corrected chi connectivity index (χ1v) is 16.6. The van der Waals surface area contributed by atoms with Crippen molar-refractivity contribution >= 4 is 21.3 Å². The van der Waals surface area contributed by atoms with E-state index in [4.69, 9.17) is 14.0 Å². The van der Waals surface area contributed by atoms with E-state index in [-0.39, 0.29) is 16.7 Å². The Balaban J connectivity index is 1.59. The van der Waals surface area contributed by atoms with Gasteiger partial charge in [-0.05, 0) is 78.2 Å². The summed E-state index contributed by atoms with van der Waals surface area (Å²) in [5.41, 5.74) is -1.60. The molecule has 4 aromatic rings. The summed E-state index contributed by atoms with van der Waals surface area (Å²) in [6.45, 7) is 0.569. The van der Waals surface area contributed by atoms with Crippen molar-refractivity contribution in [2.75, 3.05) is 7.11 Å². The number of benzene rings is 4. The molecule has 20 heteroatoms. The van der Waals surface area contributed by atoms with Crippen LogP contribution >= 0.6 is 0 Å². The Labute approximate surface area is 289 Å². The molecule has 52 heavy (non-hydrogen) atoms. The third kappa shape index (κ3) is 6.76. The lowest BCUT2D eigenvalue weighted by Gasteiger charge is -2.40. The third-order valence-corrected chi connectivity index (χ3v) is 9.87. The molecule has 4 aromatic carbocycles. The molecule has 4 rings (SSSR count). The number of halogens is 12. The highest BCUT2D eigenvalue weighted by molar-refractivity contribution is 7.91. The zero-order valence-electron chi connectivity index (χ0n) is 26.0. The minimum atomic E-state index is -8.23. The summed E-state index contributed by atoms with van der Waals surface area (Å²) in [5, 5.41) is -7.55. The first-order valence-electron chi connectivity index (χ1n) is 14.0. The second-order valence-electron chi connectivity index (χ2n) is 10.9. The van der Waals surface area contributed by atoms with Crippen molar-refractivity contribution in [2.45, 2.75) is 51.6 Å². The Kier molecular flexibility index (Phi) is 10.7. The highest BCUT2D eigenvalue weighted by atomic mass is 32.2. The Hall–Kier alpha value is -4.14. The summed E-state index contributed by atoms with van der Waals surface area (Å²) in [6, 6.07) is 19.9. The van der Waals surface area contributed by atoms with Gasteiger partial charge in [0.1, 0.15) is 17.2 Å². The molecule has 1 unspecified atom stereocenters. The number of hydrogen-bond acceptors (Lipinski definition) is 5. The molecule has 0 bridgehead atoms. The van der Waals surface area contributed by atoms with Gasteiger partial charge in [-0.1, -0.05) is 30.3 Å². The van der Waals surface area contributed by atoms with Gasteiger partial charge < -0.3 is 14.0 Å². The van der Waals surface area contributed by atoms with Gasteiger partial charge in [0.2, 0.25) is 0 Å². The average molecular weight is 795 g/mol. The van der Waals surface area contributed by atoms with E-state index in [1.165, 1.54) is 19.2 Å². The molecule has 0 aliphatic heterocycles. The summed E-state index contributed by atoms with van der Waals surface area (Å²) < 4.78 is 225. The van der Waals surface area contributed by atoms with Crippen molar-refractivity contribution in [3.05, 3.63) is 102 Å². The quantitative estimate of drug-likeness (QED) is 0.0823. The molecule has 0 fully saturated rings. The van der Waals surface area contributed by atoms with Crippen LogP contribution in [0, 0.1) is 6.92 Å². The Morgan fingerprint density at radius 2 is 1.00 bits per heavy atom. The van der Waals surface area contributed by atoms with Crippen molar-refractivity contribution in [3.8, 4) is 28.4 Å². The van der Waals surface area contributed by atoms with Crippen LogP contribution in [0.3, 0.4) is 0 Å². The minimum Gasteiger partial charge on any atom is -0.606 e. The molecule has 0 aliphatic rings. The van der Waals surface area contributed by atoms with Gasteiger partial charge in [-0.2, -0.15) is 61.1 Å². The molecule has 282 valence electrons. The number of hydrogen-bond donors (Lipinski definition) is 1. The van der Waals surface area contributed by atoms with Crippen molar-refractivity contribution in [3.63, 3.8) is 0 Å². The van der Waals surface area contributed by atoms with E-state index in [1.54, 1.807) is 36.4 Å². The van der Waals surface area contributed by atoms with E-state index in [0.717, 1.165) is 29.3 Å². The molecule has 0 saturated carbocycles. The van der Waals surface area contributed by atoms with Crippen LogP contribution in [-0.4, -0.2) is 53.6 Å². The molecule has 1 atom stereocenters. The van der Waals surface area contributed by atoms with Crippen LogP contribution in [0.25, 0.3) is 11.1 Å². The smallest absolute Gasteiger partial charge is 0.438 e. The van der Waals surface area contributed by atoms with Gasteiger partial charge in [0.25, 0.3) is 0 Å². The van der Waals surface area contributed by atoms with E-state index < -0.39 is 72.2 Å². The summed E-state index contributed by atoms with van der Waals surface area (Å²) in [4.78, 5) is -1.02. The maximum Gasteiger partial charge on any atom is 0.438 e. The highest BCUT2D eigenvalue weighted by Gasteiger charge is 2.92. The molecule has 0 spiro atoms. The summed E-state index contributed by atoms with van der Waals surface area (Å²) in [5.74, 6) is -37.5. The van der Waals surface area contributed by atoms with Crippen LogP contribution in [0.2, 0.25) is 0 Å². The van der Waals surface area contributed by atoms with Crippen LogP contribution in [0.1, 0.15) is 11.1 Å². The largest absolute Gasteiger partial charge is 0.606 e. The van der Waals surface area contributed by atoms with Gasteiger partial charge in [-0.15, -0.1) is 0 Å². The van der Waals surface area contributed by atoms with E-state index >= 15 is 8.78 Å². The maximum absolute atomic E-state index is 15.1. The first-order chi connectivity index (χ1) is 23.7. The number of methoxy groups -OCH3 is 1. The summed E-state index contributed by atoms with van der Waals surface area (Å²) in [7, 11) is -6.17. The number of rotatable bonds is 13. The maximum atomic E-state index is 15.1. The van der Waals surface area contributed by atoms with Crippen molar-refractivity contribution in [1.29, 1.82) is 0 Å². The van der Waals surface area contributed by atoms with Crippen LogP contribution in [0.5, 0.6) is 17.2 Å². The minimum absolute atomic E-state index is 0.0761. The first kappa shape index (κ1) is 40.6. The fraction of sp³-hybridized carbons (Fsp3) is 0.250. The lowest BCUT2D eigenvalue weighted by molar-refractivity contribution is -0.419. The zero-order chi connectivity index (χ0) is 39.3. The monoisotopic (exact) mass is 794 g/mol. The molecule has 0 heterocycles. The SMILES string of the molecule is COc1ccc(-c2ccc(Oc3ccc([S+]([O-])c4ccc(C)c(C(F)(F)C(F)(F)C(F)(F)C(F)(F)C(F)(F)C(F)(F)S(=O)(=O)O)c4)cc3)cc2)cc1. The van der Waals surface area contributed by atoms with Crippen molar-refractivity contribution in [2.24, 2.45) is 0 Å². The van der Waals surface area contributed by atoms with E-state index in [2.05, 4.69) is 0 Å². The van der Waals surface area contributed by atoms with E-state index in [1.807, 2.05) is 12.1 Å². The summed E-state index contributed by atoms with van der Waals surface area (Å²) >= 11 is -2.57. The number of aryl methyl sites for hydroxylation is 1. The molecular formula is C32H22F12O6S2. The highest BCUT2D eigenvalue weighted by Crippen LogP contribution is 2.62. The van der Waals surface area contributed by atoms with E-state index in [9.17, 15) is 56.9 Å². The van der Waals surface area contributed by atoms with Crippen LogP contribution in [0.4, 0.5) is 52.7 Å². The standard InChI is InChI=1S/C32H22F12O6S2/c1-18-3-14-25(17-26(18)27(33,34)28(35,36)29(37,38)30(39,40)31(41,42)32(43,44)52(46,47)48)51(45)24-15-12-23(13-16-24)50-22-10-6-20(7-11-22)19-4-8-21(49-2)9-5-19/h3-17H,1-2H3,(H,46,47,48). The predicted molar refractivity (Wildman–Crippen MR) is 161 cm³/mol. The van der Waals surface area contributed by atoms with Gasteiger partial charge in [0.15, 0.2) is 9.79 Å². The molecule has 1 N–H and O–H groups in total. The Morgan fingerprint density at radius 1 is 0.596 bits per heavy atom. The average Bonchev–Trinajstić information content (AvgIpc) is 3.08. The van der Waals surface area contributed by atoms with Crippen LogP contribution in [0.15, 0.2) is 101 Å². The zero-order valence-corrected chi connectivity index (χ0v) is 27.6. The lowest BCUT2D eigenvalue weighted by atomic mass is 9.89. The van der Waals surface area contributed by atoms with Crippen LogP contribution in [-0.2, 0) is 27.2 Å². The topological polar surface area (TPSA) is 95.9 Å². The fourth-order valence-corrected chi connectivity index (χ4v) is 6.09. The molecule has 6 nitrogen and oxygen atoms in total. The predicted octanol–water partition coefficient (Wildman–Crippen LogP) is 9.74. The summed E-state index contributed by atoms with van der Waals surface area (Å²) in [6.07, 6.45) is 0. The molecule has 0 saturated heterocycles. The Morgan fingerprint density at radius 3 is 1.44 bits per heavy atom. The van der Waals surface area contributed by atoms with Gasteiger partial charge in [0.05, 0.1) is 7.11 Å². The fourth-order valence-electron chi connectivity index (χ4n) is 4.56. The van der Waals surface area contributed by atoms with Gasteiger partial charge in [0, 0.05) is 22.8 Å². The third-order valence-electron chi connectivity index (χ3n) is 7.58. The number of alkyl halides is 12. The number of ether oxygens (including phenoxy) is 2. The lowest BCUT2D eigenvalue weighted by Crippen LogP contribution is -2.71. The molecule has 0 aromatic heterocycles. The van der Waals surface area contributed by atoms with Crippen LogP contribution < -0.4 is 9.47 Å².